The second-order valence-corrected chi connectivity index (χ2v) is 31.2. The summed E-state index contributed by atoms with van der Waals surface area (Å²) in [5, 5.41) is 68.3. The Kier molecular flexibility index (Phi) is 48.0. The molecule has 125 heavy (non-hydrogen) atoms. The summed E-state index contributed by atoms with van der Waals surface area (Å²) in [4.78, 5) is 248. The van der Waals surface area contributed by atoms with Gasteiger partial charge >= 0.3 is 5.97 Å². The summed E-state index contributed by atoms with van der Waals surface area (Å²) in [5.41, 5.74) is 41.5. The first kappa shape index (κ1) is 107. The highest BCUT2D eigenvalue weighted by molar-refractivity contribution is 6.01. The number of nitrogens with two attached hydrogens (primary N) is 7. The van der Waals surface area contributed by atoms with Crippen LogP contribution in [0.5, 0.6) is 5.75 Å². The second-order valence-electron chi connectivity index (χ2n) is 31.2. The minimum atomic E-state index is -1.94. The number of phenols is 1. The van der Waals surface area contributed by atoms with Crippen molar-refractivity contribution in [3.63, 3.8) is 0 Å². The highest BCUT2D eigenvalue weighted by Gasteiger charge is 2.38. The number of carboxylic acids is 1. The van der Waals surface area contributed by atoms with Crippen LogP contribution >= 0.6 is 0 Å². The van der Waals surface area contributed by atoms with Crippen LogP contribution in [0.15, 0.2) is 54.7 Å². The number of nitrogens with one attached hydrogen (secondary N) is 16. The third-order valence-corrected chi connectivity index (χ3v) is 20.4. The molecule has 1 aromatic heterocycles. The molecule has 0 radical (unpaired) electrons. The van der Waals surface area contributed by atoms with Crippen LogP contribution in [0.2, 0.25) is 0 Å². The fraction of sp³-hybridized carbons (Fsp3) is 0.605. The molecule has 0 spiro atoms. The molecule has 1 heterocycles. The van der Waals surface area contributed by atoms with E-state index in [4.69, 9.17) is 40.1 Å². The number of carboxylic acid groups (broad SMARTS) is 1. The summed E-state index contributed by atoms with van der Waals surface area (Å²) >= 11 is 0. The van der Waals surface area contributed by atoms with E-state index >= 15 is 0 Å². The number of hydrogen-bond donors (Lipinski definition) is 26. The number of aromatic amines is 1. The fourth-order valence-electron chi connectivity index (χ4n) is 12.7. The predicted octanol–water partition coefficient (Wildman–Crippen LogP) is -6.60. The molecule has 0 saturated heterocycles. The third kappa shape index (κ3) is 38.3. The minimum absolute atomic E-state index is 0.0155. The number of aliphatic carboxylic acids is 1. The van der Waals surface area contributed by atoms with Gasteiger partial charge in [-0.2, -0.15) is 0 Å². The average Bonchev–Trinajstić information content (AvgIpc) is 1.68. The smallest absolute Gasteiger partial charge is 0.305 e. The first-order chi connectivity index (χ1) is 59.1. The van der Waals surface area contributed by atoms with Gasteiger partial charge in [-0.05, 0) is 172 Å². The molecule has 33 N–H and O–H groups in total. The number of para-hydroxylation sites is 1. The number of aromatic hydroxyl groups is 1. The summed E-state index contributed by atoms with van der Waals surface area (Å²) < 4.78 is 0. The zero-order chi connectivity index (χ0) is 93.7. The van der Waals surface area contributed by atoms with Crippen LogP contribution in [-0.4, -0.2) is 257 Å². The summed E-state index contributed by atoms with van der Waals surface area (Å²) in [6, 6.07) is -9.48. The van der Waals surface area contributed by atoms with Crippen LogP contribution in [0.4, 0.5) is 0 Å². The number of amides is 17. The number of H-pyrrole nitrogens is 1. The maximum Gasteiger partial charge on any atom is 0.305 e. The molecular weight excluding hydrogens is 1630 g/mol. The van der Waals surface area contributed by atoms with Gasteiger partial charge in [0.05, 0.1) is 25.6 Å². The Bertz CT molecular complexity index is 4110. The maximum absolute atomic E-state index is 15.0. The van der Waals surface area contributed by atoms with Gasteiger partial charge in [-0.3, -0.25) is 86.3 Å². The molecule has 0 aliphatic rings. The normalized spacial score (nSPS) is 15.0. The summed E-state index contributed by atoms with van der Waals surface area (Å²) in [6.45, 7) is 10.6. The lowest BCUT2D eigenvalue weighted by Gasteiger charge is -2.28. The van der Waals surface area contributed by atoms with Gasteiger partial charge in [-0.1, -0.05) is 70.9 Å². The molecule has 17 amide bonds. The molecule has 696 valence electrons. The zero-order valence-corrected chi connectivity index (χ0v) is 72.2. The molecule has 0 saturated carbocycles. The van der Waals surface area contributed by atoms with Gasteiger partial charge in [0, 0.05) is 36.4 Å². The van der Waals surface area contributed by atoms with Gasteiger partial charge in [-0.15, -0.1) is 0 Å². The minimum Gasteiger partial charge on any atom is -0.508 e. The van der Waals surface area contributed by atoms with Crippen LogP contribution in [0.3, 0.4) is 0 Å². The van der Waals surface area contributed by atoms with Crippen molar-refractivity contribution in [3.8, 4) is 5.75 Å². The van der Waals surface area contributed by atoms with Gasteiger partial charge in [0.25, 0.3) is 0 Å². The van der Waals surface area contributed by atoms with E-state index in [1.165, 1.54) is 52.0 Å². The molecule has 0 unspecified atom stereocenters. The molecule has 0 fully saturated rings. The van der Waals surface area contributed by atoms with Crippen LogP contribution in [0, 0.1) is 11.8 Å². The average molecular weight is 1760 g/mol. The number of aliphatic hydroxyl groups excluding tert-OH is 1. The molecule has 44 nitrogen and oxygen atoms in total. The molecule has 44 heteroatoms. The Labute approximate surface area is 725 Å². The van der Waals surface area contributed by atoms with Crippen molar-refractivity contribution in [2.75, 3.05) is 39.3 Å². The number of aromatic nitrogens is 1. The van der Waals surface area contributed by atoms with Gasteiger partial charge in [0.1, 0.15) is 90.3 Å². The monoisotopic (exact) mass is 1760 g/mol. The molecule has 3 aromatic rings. The number of rotatable bonds is 60. The summed E-state index contributed by atoms with van der Waals surface area (Å²) in [5.74, 6) is -18.7. The third-order valence-electron chi connectivity index (χ3n) is 20.4. The molecular formula is C81H131N23O21. The van der Waals surface area contributed by atoms with E-state index in [0.717, 1.165) is 0 Å². The Morgan fingerprint density at radius 3 is 1.26 bits per heavy atom. The number of carbonyl (C=O) groups is 18. The van der Waals surface area contributed by atoms with E-state index in [2.05, 4.69) is 84.7 Å². The van der Waals surface area contributed by atoms with E-state index < -0.39 is 241 Å². The van der Waals surface area contributed by atoms with Gasteiger partial charge in [0.2, 0.25) is 100 Å². The lowest BCUT2D eigenvalue weighted by atomic mass is 9.96. The largest absolute Gasteiger partial charge is 0.508 e. The molecule has 16 atom stereocenters. The Balaban J connectivity index is 1.86. The van der Waals surface area contributed by atoms with E-state index in [-0.39, 0.29) is 70.3 Å². The van der Waals surface area contributed by atoms with Gasteiger partial charge < -0.3 is 140 Å². The predicted molar refractivity (Wildman–Crippen MR) is 457 cm³/mol. The number of benzene rings is 2. The van der Waals surface area contributed by atoms with Crippen molar-refractivity contribution in [2.45, 2.75) is 262 Å². The van der Waals surface area contributed by atoms with Crippen molar-refractivity contribution in [3.05, 3.63) is 65.9 Å². The highest BCUT2D eigenvalue weighted by atomic mass is 16.4. The Morgan fingerprint density at radius 1 is 0.408 bits per heavy atom. The van der Waals surface area contributed by atoms with Crippen LogP contribution in [0.1, 0.15) is 169 Å². The number of carbonyl (C=O) groups excluding carboxylic acids is 17. The van der Waals surface area contributed by atoms with Crippen molar-refractivity contribution in [1.82, 2.24) is 84.7 Å². The number of aliphatic hydroxyl groups is 1. The quantitative estimate of drug-likeness (QED) is 0.0234. The zero-order valence-electron chi connectivity index (χ0n) is 72.2. The van der Waals surface area contributed by atoms with Crippen molar-refractivity contribution >= 4 is 117 Å². The number of hydrogen-bond acceptors (Lipinski definition) is 25. The Morgan fingerprint density at radius 2 is 0.800 bits per heavy atom. The lowest BCUT2D eigenvalue weighted by molar-refractivity contribution is -0.141. The van der Waals surface area contributed by atoms with Crippen LogP contribution in [0.25, 0.3) is 10.9 Å². The van der Waals surface area contributed by atoms with Crippen molar-refractivity contribution in [1.29, 1.82) is 0 Å². The standard InChI is InChI=1S/C81H131N23O21/c1-9-43(4)66(81(125)103-65(42(2)3)67(88)111)104-71(115)47(8)94-78(122)60(38-64(109)110)95-63(108)40-90-68(112)44(5)91-69(113)45(6)92-70(114)46(7)93-77(121)58(36-48-26-28-50(106)29-27-48)100-79(123)59(37-49-39-89-53-22-11-10-20-51(49)53)101-80(124)61(41-105)102-76(120)57(30-31-62(87)107)99-75(119)56(25-15-19-35-85)98-74(118)55(24-14-18-34-84)97-73(117)54(23-13-17-33-83)96-72(116)52(86)21-12-16-32-82/h10-11,20,22,26-29,39,42-47,52,54-61,65-66,89,105-106H,9,12-19,21,23-25,30-38,40-41,82-86H2,1-8H3,(H2,87,107)(H2,88,111)(H,90,112)(H,91,113)(H,92,114)(H,93,121)(H,94,122)(H,95,108)(H,96,116)(H,97,117)(H,98,118)(H,99,119)(H,100,123)(H,101,124)(H,102,120)(H,103,125)(H,104,115)(H,109,110)/t43-,44-,45-,46-,47-,52-,54-,55-,56-,57-,58-,59-,60-,61-,65-,66-/m0/s1. The topological polar surface area (TPSA) is 746 Å². The highest BCUT2D eigenvalue weighted by Crippen LogP contribution is 2.21. The van der Waals surface area contributed by atoms with E-state index in [1.807, 2.05) is 0 Å². The molecule has 2 aromatic carbocycles. The number of primary amides is 2. The number of fused-ring (bicyclic) bond motifs is 1. The van der Waals surface area contributed by atoms with Crippen molar-refractivity contribution in [2.24, 2.45) is 52.0 Å². The fourth-order valence-corrected chi connectivity index (χ4v) is 12.7. The SMILES string of the molecule is CC[C@H](C)[C@H](NC(=O)[C@H](C)NC(=O)[C@H](CC(=O)O)NC(=O)CNC(=O)[C@H](C)NC(=O)[C@H](C)NC(=O)[C@H](C)NC(=O)[C@H](Cc1ccc(O)cc1)NC(=O)[C@H](Cc1c[nH]c2ccccc12)NC(=O)[C@H](CO)NC(=O)[C@H](CCC(N)=O)NC(=O)[C@H](CCCCN)NC(=O)[C@H](CCCCN)NC(=O)[C@H](CCCCN)NC(=O)[C@@H](N)CCCCN)C(=O)N[C@H](C(N)=O)C(C)C. The molecule has 0 bridgehead atoms. The lowest BCUT2D eigenvalue weighted by Crippen LogP contribution is -2.61. The van der Waals surface area contributed by atoms with Crippen LogP contribution in [-0.2, 0) is 99.1 Å². The first-order valence-electron chi connectivity index (χ1n) is 41.9. The van der Waals surface area contributed by atoms with Crippen LogP contribution < -0.4 is 120 Å². The number of phenolic OH excluding ortho intramolecular Hbond substituents is 1. The Hall–Kier alpha value is -12.0. The van der Waals surface area contributed by atoms with E-state index in [9.17, 15) is 102 Å². The molecule has 0 aliphatic heterocycles. The van der Waals surface area contributed by atoms with Gasteiger partial charge in [0.15, 0.2) is 0 Å². The second kappa shape index (κ2) is 56.0. The molecule has 0 aliphatic carbocycles. The molecule has 3 rings (SSSR count). The summed E-state index contributed by atoms with van der Waals surface area (Å²) in [6.07, 6.45) is 2.97. The van der Waals surface area contributed by atoms with Crippen molar-refractivity contribution < 1.29 is 102 Å². The van der Waals surface area contributed by atoms with E-state index in [1.54, 1.807) is 58.2 Å². The number of unbranched alkanes of at least 4 members (excludes halogenated alkanes) is 4. The van der Waals surface area contributed by atoms with E-state index in [0.29, 0.717) is 79.9 Å². The summed E-state index contributed by atoms with van der Waals surface area (Å²) in [7, 11) is 0. The van der Waals surface area contributed by atoms with Gasteiger partial charge in [-0.25, -0.2) is 0 Å². The first-order valence-corrected chi connectivity index (χ1v) is 41.9. The maximum atomic E-state index is 15.0.